The summed E-state index contributed by atoms with van der Waals surface area (Å²) < 4.78 is 11.1. The van der Waals surface area contributed by atoms with Gasteiger partial charge in [0.1, 0.15) is 0 Å². The summed E-state index contributed by atoms with van der Waals surface area (Å²) >= 11 is 24.6. The molecule has 0 aliphatic heterocycles. The van der Waals surface area contributed by atoms with Crippen molar-refractivity contribution in [3.8, 4) is 0 Å². The lowest BCUT2D eigenvalue weighted by molar-refractivity contribution is 0.331. The van der Waals surface area contributed by atoms with E-state index in [0.717, 1.165) is 0 Å². The molecule has 0 aromatic heterocycles. The van der Waals surface area contributed by atoms with Crippen molar-refractivity contribution in [1.82, 2.24) is 0 Å². The Morgan fingerprint density at radius 1 is 0.591 bits per heavy atom. The van der Waals surface area contributed by atoms with Gasteiger partial charge in [0.15, 0.2) is 11.4 Å². The minimum absolute atomic E-state index is 0.109. The quantitative estimate of drug-likeness (QED) is 0.328. The molecule has 1 aliphatic rings. The summed E-state index contributed by atoms with van der Waals surface area (Å²) in [6.45, 7) is 11.9. The Morgan fingerprint density at radius 3 is 1.09 bits per heavy atom. The molecule has 4 nitrogen and oxygen atoms in total. The molecule has 0 radical (unpaired) electrons. The molecule has 0 N–H and O–H groups in total. The fourth-order valence-electron chi connectivity index (χ4n) is 1.14. The molecule has 22 heavy (non-hydrogen) atoms. The van der Waals surface area contributed by atoms with Gasteiger partial charge in [-0.1, -0.05) is 56.7 Å². The third-order valence-electron chi connectivity index (χ3n) is 2.04. The van der Waals surface area contributed by atoms with Crippen molar-refractivity contribution in [1.29, 1.82) is 0 Å². The number of rotatable bonds is 4. The molecule has 0 aromatic carbocycles. The van der Waals surface area contributed by atoms with Crippen LogP contribution in [0.4, 0.5) is 0 Å². The molecule has 0 saturated carbocycles. The number of halogens is 4. The predicted octanol–water partition coefficient (Wildman–Crippen LogP) is 5.79. The van der Waals surface area contributed by atoms with Crippen LogP contribution in [0.3, 0.4) is 0 Å². The summed E-state index contributed by atoms with van der Waals surface area (Å²) in [6.07, 6.45) is 0. The van der Waals surface area contributed by atoms with Crippen molar-refractivity contribution >= 4 is 74.5 Å². The van der Waals surface area contributed by atoms with E-state index in [9.17, 15) is 0 Å². The Hall–Kier alpha value is 0.0138. The van der Waals surface area contributed by atoms with Gasteiger partial charge in [-0.2, -0.15) is 0 Å². The van der Waals surface area contributed by atoms with E-state index >= 15 is 0 Å². The predicted molar refractivity (Wildman–Crippen MR) is 101 cm³/mol. The molecular formula is C12H18Cl4N2O2Si2. The highest BCUT2D eigenvalue weighted by molar-refractivity contribution is 6.76. The maximum Gasteiger partial charge on any atom is 0.278 e. The second-order valence-corrected chi connectivity index (χ2v) is 16.9. The number of hydrogen-bond acceptors (Lipinski definition) is 4. The molecule has 0 unspecified atom stereocenters. The van der Waals surface area contributed by atoms with Crippen molar-refractivity contribution < 1.29 is 9.05 Å². The molecule has 0 amide bonds. The van der Waals surface area contributed by atoms with E-state index in [-0.39, 0.29) is 31.6 Å². The van der Waals surface area contributed by atoms with Crippen molar-refractivity contribution in [2.75, 3.05) is 0 Å². The molecule has 0 aromatic rings. The van der Waals surface area contributed by atoms with E-state index in [0.29, 0.717) is 0 Å². The second kappa shape index (κ2) is 7.28. The molecule has 1 aliphatic carbocycles. The van der Waals surface area contributed by atoms with Crippen LogP contribution in [-0.4, -0.2) is 28.1 Å². The van der Waals surface area contributed by atoms with Crippen molar-refractivity contribution in [3.63, 3.8) is 0 Å². The fourth-order valence-corrected chi connectivity index (χ4v) is 2.77. The topological polar surface area (TPSA) is 43.2 Å². The van der Waals surface area contributed by atoms with Gasteiger partial charge in [0.25, 0.3) is 16.6 Å². The first-order valence-corrected chi connectivity index (χ1v) is 14.8. The highest BCUT2D eigenvalue weighted by Crippen LogP contribution is 2.36. The maximum absolute atomic E-state index is 6.22. The standard InChI is InChI=1S/C12H18Cl4N2O2Si2/c1-21(2,3)19-17-11-9(15)7(13)8(14)10(16)12(11)18-20-22(4,5)6/h1-6H3. The summed E-state index contributed by atoms with van der Waals surface area (Å²) in [5.74, 6) is 0. The molecule has 0 spiro atoms. The van der Waals surface area contributed by atoms with Gasteiger partial charge in [-0.3, -0.25) is 0 Å². The third kappa shape index (κ3) is 5.58. The van der Waals surface area contributed by atoms with Gasteiger partial charge >= 0.3 is 0 Å². The van der Waals surface area contributed by atoms with Gasteiger partial charge in [-0.15, -0.1) is 0 Å². The smallest absolute Gasteiger partial charge is 0.278 e. The van der Waals surface area contributed by atoms with E-state index in [2.05, 4.69) is 10.3 Å². The SMILES string of the molecule is C[Si](C)(C)ON=C1C(=NO[Si](C)(C)C)C(Cl)=C(Cl)C(Cl)=C1Cl. The van der Waals surface area contributed by atoms with Crippen LogP contribution in [0.25, 0.3) is 0 Å². The summed E-state index contributed by atoms with van der Waals surface area (Å²) in [5, 5.41) is 8.65. The zero-order chi connectivity index (χ0) is 17.3. The molecular weight excluding hydrogens is 402 g/mol. The molecule has 0 bridgehead atoms. The van der Waals surface area contributed by atoms with Crippen LogP contribution in [0.15, 0.2) is 30.4 Å². The monoisotopic (exact) mass is 418 g/mol. The highest BCUT2D eigenvalue weighted by atomic mass is 35.5. The summed E-state index contributed by atoms with van der Waals surface area (Å²) in [4.78, 5) is 0. The Balaban J connectivity index is 3.35. The van der Waals surface area contributed by atoms with E-state index in [1.807, 2.05) is 39.3 Å². The Kier molecular flexibility index (Phi) is 6.63. The second-order valence-electron chi connectivity index (χ2n) is 6.54. The molecule has 1 rings (SSSR count). The highest BCUT2D eigenvalue weighted by Gasteiger charge is 2.32. The van der Waals surface area contributed by atoms with Crippen LogP contribution in [0.1, 0.15) is 0 Å². The van der Waals surface area contributed by atoms with Crippen molar-refractivity contribution in [3.05, 3.63) is 20.1 Å². The van der Waals surface area contributed by atoms with Crippen molar-refractivity contribution in [2.45, 2.75) is 39.3 Å². The first-order chi connectivity index (χ1) is 9.83. The summed E-state index contributed by atoms with van der Waals surface area (Å²) in [6, 6.07) is 0. The van der Waals surface area contributed by atoms with Crippen LogP contribution in [0.2, 0.25) is 39.3 Å². The van der Waals surface area contributed by atoms with Crippen LogP contribution in [-0.2, 0) is 9.05 Å². The van der Waals surface area contributed by atoms with E-state index < -0.39 is 16.6 Å². The van der Waals surface area contributed by atoms with Crippen molar-refractivity contribution in [2.24, 2.45) is 10.3 Å². The fraction of sp³-hybridized carbons (Fsp3) is 0.500. The van der Waals surface area contributed by atoms with E-state index in [1.54, 1.807) is 0 Å². The lowest BCUT2D eigenvalue weighted by atomic mass is 10.1. The first-order valence-electron chi connectivity index (χ1n) is 6.48. The van der Waals surface area contributed by atoms with Crippen LogP contribution in [0.5, 0.6) is 0 Å². The summed E-state index contributed by atoms with van der Waals surface area (Å²) in [7, 11) is -3.82. The summed E-state index contributed by atoms with van der Waals surface area (Å²) in [5.41, 5.74) is 0.448. The maximum atomic E-state index is 6.22. The molecule has 0 fully saturated rings. The van der Waals surface area contributed by atoms with Gasteiger partial charge < -0.3 is 9.05 Å². The number of oxime groups is 2. The van der Waals surface area contributed by atoms with Gasteiger partial charge in [0.2, 0.25) is 0 Å². The van der Waals surface area contributed by atoms with Gasteiger partial charge in [0, 0.05) is 0 Å². The number of hydrogen-bond donors (Lipinski definition) is 0. The first kappa shape index (κ1) is 20.1. The van der Waals surface area contributed by atoms with Crippen LogP contribution >= 0.6 is 46.4 Å². The van der Waals surface area contributed by atoms with E-state index in [1.165, 1.54) is 0 Å². The molecule has 0 atom stereocenters. The number of nitrogens with zero attached hydrogens (tertiary/aromatic N) is 2. The molecule has 0 heterocycles. The van der Waals surface area contributed by atoms with Crippen LogP contribution in [0, 0.1) is 0 Å². The number of allylic oxidation sites excluding steroid dienone is 4. The molecule has 0 saturated heterocycles. The Morgan fingerprint density at radius 2 is 0.864 bits per heavy atom. The zero-order valence-corrected chi connectivity index (χ0v) is 18.2. The lowest BCUT2D eigenvalue weighted by Gasteiger charge is -2.21. The average Bonchev–Trinajstić information content (AvgIpc) is 2.35. The minimum atomic E-state index is -1.91. The largest absolute Gasteiger partial charge is 0.455 e. The lowest BCUT2D eigenvalue weighted by Crippen LogP contribution is -2.29. The minimum Gasteiger partial charge on any atom is -0.455 e. The van der Waals surface area contributed by atoms with E-state index in [4.69, 9.17) is 55.5 Å². The molecule has 10 heteroatoms. The van der Waals surface area contributed by atoms with Crippen LogP contribution < -0.4 is 0 Å². The Labute approximate surface area is 153 Å². The third-order valence-corrected chi connectivity index (χ3v) is 5.10. The van der Waals surface area contributed by atoms with Gasteiger partial charge in [0.05, 0.1) is 20.1 Å². The Bertz CT molecular complexity index is 535. The molecule has 124 valence electrons. The van der Waals surface area contributed by atoms with Gasteiger partial charge in [-0.05, 0) is 39.3 Å². The zero-order valence-electron chi connectivity index (χ0n) is 13.2. The normalized spacial score (nSPS) is 21.0. The van der Waals surface area contributed by atoms with Gasteiger partial charge in [-0.25, -0.2) is 0 Å². The average molecular weight is 420 g/mol.